The van der Waals surface area contributed by atoms with E-state index in [4.69, 9.17) is 0 Å². The minimum absolute atomic E-state index is 0.264. The van der Waals surface area contributed by atoms with E-state index in [9.17, 15) is 8.42 Å². The number of nitrogens with one attached hydrogen (secondary N) is 1. The van der Waals surface area contributed by atoms with Gasteiger partial charge in [-0.05, 0) is 52.2 Å². The molecule has 1 N–H and O–H groups in total. The molecule has 1 aliphatic carbocycles. The topological polar surface area (TPSA) is 49.4 Å². The van der Waals surface area contributed by atoms with Gasteiger partial charge in [-0.2, -0.15) is 0 Å². The van der Waals surface area contributed by atoms with E-state index >= 15 is 0 Å². The largest absolute Gasteiger partial charge is 0.314 e. The number of rotatable bonds is 8. The van der Waals surface area contributed by atoms with Crippen molar-refractivity contribution in [2.45, 2.75) is 50.6 Å². The molecule has 0 aromatic carbocycles. The highest BCUT2D eigenvalue weighted by Crippen LogP contribution is 2.19. The van der Waals surface area contributed by atoms with Gasteiger partial charge in [-0.3, -0.25) is 0 Å². The molecule has 1 aliphatic heterocycles. The van der Waals surface area contributed by atoms with Crippen molar-refractivity contribution in [3.63, 3.8) is 0 Å². The van der Waals surface area contributed by atoms with Gasteiger partial charge in [0.1, 0.15) is 0 Å². The monoisotopic (exact) mass is 274 g/mol. The lowest BCUT2D eigenvalue weighted by Crippen LogP contribution is -2.33. The van der Waals surface area contributed by atoms with Crippen LogP contribution in [0.4, 0.5) is 0 Å². The average molecular weight is 274 g/mol. The first-order chi connectivity index (χ1) is 8.57. The summed E-state index contributed by atoms with van der Waals surface area (Å²) in [6.07, 6.45) is 7.20. The Morgan fingerprint density at radius 2 is 1.94 bits per heavy atom. The number of sulfone groups is 1. The molecule has 106 valence electrons. The summed E-state index contributed by atoms with van der Waals surface area (Å²) in [6, 6.07) is 1.08. The lowest BCUT2D eigenvalue weighted by molar-refractivity contribution is 0.256. The Labute approximate surface area is 111 Å². The standard InChI is InChI=1S/C13H26N2O2S/c1-15(13-7-10-18(16,17)11-13)9-4-2-3-8-14-12-5-6-12/h12-14H,2-11H2,1H3. The zero-order valence-corrected chi connectivity index (χ0v) is 12.2. The Morgan fingerprint density at radius 1 is 1.17 bits per heavy atom. The molecule has 1 heterocycles. The van der Waals surface area contributed by atoms with Crippen LogP contribution in [0.1, 0.15) is 38.5 Å². The highest BCUT2D eigenvalue weighted by atomic mass is 32.2. The van der Waals surface area contributed by atoms with Crippen LogP contribution in [0.5, 0.6) is 0 Å². The molecule has 4 nitrogen and oxygen atoms in total. The Bertz CT molecular complexity index is 352. The molecular weight excluding hydrogens is 248 g/mol. The van der Waals surface area contributed by atoms with Crippen molar-refractivity contribution in [2.24, 2.45) is 0 Å². The van der Waals surface area contributed by atoms with E-state index in [2.05, 4.69) is 17.3 Å². The quantitative estimate of drug-likeness (QED) is 0.672. The summed E-state index contributed by atoms with van der Waals surface area (Å²) in [6.45, 7) is 2.18. The van der Waals surface area contributed by atoms with Gasteiger partial charge in [0.25, 0.3) is 0 Å². The van der Waals surface area contributed by atoms with Crippen molar-refractivity contribution in [1.82, 2.24) is 10.2 Å². The molecule has 0 aromatic rings. The van der Waals surface area contributed by atoms with Crippen LogP contribution >= 0.6 is 0 Å². The van der Waals surface area contributed by atoms with Crippen molar-refractivity contribution >= 4 is 9.84 Å². The fraction of sp³-hybridized carbons (Fsp3) is 1.00. The molecule has 1 saturated heterocycles. The molecule has 2 fully saturated rings. The molecule has 0 spiro atoms. The van der Waals surface area contributed by atoms with Crippen molar-refractivity contribution in [2.75, 3.05) is 31.6 Å². The lowest BCUT2D eigenvalue weighted by Gasteiger charge is -2.22. The first kappa shape index (κ1) is 14.3. The molecular formula is C13H26N2O2S. The van der Waals surface area contributed by atoms with Crippen LogP contribution in [0.15, 0.2) is 0 Å². The van der Waals surface area contributed by atoms with E-state index in [0.29, 0.717) is 11.5 Å². The first-order valence-electron chi connectivity index (χ1n) is 7.21. The third-order valence-electron chi connectivity index (χ3n) is 4.03. The number of nitrogens with zero attached hydrogens (tertiary/aromatic N) is 1. The van der Waals surface area contributed by atoms with Crippen LogP contribution in [0.25, 0.3) is 0 Å². The molecule has 0 amide bonds. The van der Waals surface area contributed by atoms with Crippen LogP contribution in [-0.4, -0.2) is 57.0 Å². The summed E-state index contributed by atoms with van der Waals surface area (Å²) in [7, 11) is -0.671. The second-order valence-corrected chi connectivity index (χ2v) is 8.06. The van der Waals surface area contributed by atoms with Crippen molar-refractivity contribution in [3.8, 4) is 0 Å². The van der Waals surface area contributed by atoms with Gasteiger partial charge in [-0.15, -0.1) is 0 Å². The summed E-state index contributed by atoms with van der Waals surface area (Å²) in [5.41, 5.74) is 0. The van der Waals surface area contributed by atoms with Crippen LogP contribution in [-0.2, 0) is 9.84 Å². The predicted octanol–water partition coefficient (Wildman–Crippen LogP) is 1.03. The van der Waals surface area contributed by atoms with Gasteiger partial charge >= 0.3 is 0 Å². The van der Waals surface area contributed by atoms with Crippen LogP contribution in [0.2, 0.25) is 0 Å². The second kappa shape index (κ2) is 6.35. The average Bonchev–Trinajstić information content (AvgIpc) is 3.06. The molecule has 0 bridgehead atoms. The summed E-state index contributed by atoms with van der Waals surface area (Å²) in [5, 5.41) is 3.52. The summed E-state index contributed by atoms with van der Waals surface area (Å²) in [5.74, 6) is 0.750. The molecule has 2 aliphatic rings. The summed E-state index contributed by atoms with van der Waals surface area (Å²) in [4.78, 5) is 2.23. The molecule has 2 rings (SSSR count). The van der Waals surface area contributed by atoms with E-state index in [1.54, 1.807) is 0 Å². The summed E-state index contributed by atoms with van der Waals surface area (Å²) >= 11 is 0. The van der Waals surface area contributed by atoms with Gasteiger partial charge in [0.15, 0.2) is 9.84 Å². The molecule has 1 atom stereocenters. The van der Waals surface area contributed by atoms with Crippen molar-refractivity contribution in [3.05, 3.63) is 0 Å². The lowest BCUT2D eigenvalue weighted by atomic mass is 10.2. The predicted molar refractivity (Wildman–Crippen MR) is 74.6 cm³/mol. The van der Waals surface area contributed by atoms with E-state index < -0.39 is 9.84 Å². The highest BCUT2D eigenvalue weighted by Gasteiger charge is 2.30. The summed E-state index contributed by atoms with van der Waals surface area (Å²) < 4.78 is 22.8. The Hall–Kier alpha value is -0.130. The minimum atomic E-state index is -2.73. The van der Waals surface area contributed by atoms with Gasteiger partial charge in [-0.25, -0.2) is 8.42 Å². The van der Waals surface area contributed by atoms with Gasteiger partial charge in [0, 0.05) is 12.1 Å². The van der Waals surface area contributed by atoms with Crippen LogP contribution < -0.4 is 5.32 Å². The molecule has 5 heteroatoms. The van der Waals surface area contributed by atoms with E-state index in [-0.39, 0.29) is 6.04 Å². The molecule has 1 unspecified atom stereocenters. The number of hydrogen-bond acceptors (Lipinski definition) is 4. The number of unbranched alkanes of at least 4 members (excludes halogenated alkanes) is 2. The third kappa shape index (κ3) is 4.86. The van der Waals surface area contributed by atoms with Crippen molar-refractivity contribution in [1.29, 1.82) is 0 Å². The van der Waals surface area contributed by atoms with Gasteiger partial charge in [0.05, 0.1) is 11.5 Å². The molecule has 0 radical (unpaired) electrons. The Balaban J connectivity index is 1.50. The Kier molecular flexibility index (Phi) is 5.04. The van der Waals surface area contributed by atoms with Gasteiger partial charge in [0.2, 0.25) is 0 Å². The highest BCUT2D eigenvalue weighted by molar-refractivity contribution is 7.91. The maximum absolute atomic E-state index is 11.4. The fourth-order valence-corrected chi connectivity index (χ4v) is 4.37. The zero-order chi connectivity index (χ0) is 13.0. The fourth-order valence-electron chi connectivity index (χ4n) is 2.56. The third-order valence-corrected chi connectivity index (χ3v) is 5.78. The minimum Gasteiger partial charge on any atom is -0.314 e. The van der Waals surface area contributed by atoms with Gasteiger partial charge in [-0.1, -0.05) is 6.42 Å². The normalized spacial score (nSPS) is 26.9. The zero-order valence-electron chi connectivity index (χ0n) is 11.4. The first-order valence-corrected chi connectivity index (χ1v) is 9.03. The van der Waals surface area contributed by atoms with E-state index in [1.807, 2.05) is 0 Å². The molecule has 1 saturated carbocycles. The Morgan fingerprint density at radius 3 is 2.56 bits per heavy atom. The number of hydrogen-bond donors (Lipinski definition) is 1. The van der Waals surface area contributed by atoms with Crippen molar-refractivity contribution < 1.29 is 8.42 Å². The van der Waals surface area contributed by atoms with E-state index in [1.165, 1.54) is 32.1 Å². The van der Waals surface area contributed by atoms with Crippen LogP contribution in [0.3, 0.4) is 0 Å². The second-order valence-electron chi connectivity index (χ2n) is 5.83. The molecule has 18 heavy (non-hydrogen) atoms. The maximum Gasteiger partial charge on any atom is 0.151 e. The maximum atomic E-state index is 11.4. The molecule has 0 aromatic heterocycles. The SMILES string of the molecule is CN(CCCCCNC1CC1)C1CCS(=O)(=O)C1. The van der Waals surface area contributed by atoms with E-state index in [0.717, 1.165) is 25.6 Å². The smallest absolute Gasteiger partial charge is 0.151 e. The van der Waals surface area contributed by atoms with Crippen LogP contribution in [0, 0.1) is 0 Å². The van der Waals surface area contributed by atoms with Gasteiger partial charge < -0.3 is 10.2 Å².